The topological polar surface area (TPSA) is 38.3 Å². The summed E-state index contributed by atoms with van der Waals surface area (Å²) in [4.78, 5) is 12.7. The van der Waals surface area contributed by atoms with Gasteiger partial charge < -0.3 is 10.1 Å². The molecule has 1 amide bonds. The first-order valence-corrected chi connectivity index (χ1v) is 8.02. The van der Waals surface area contributed by atoms with Crippen LogP contribution in [-0.4, -0.2) is 11.5 Å². The number of hydrogen-bond donors (Lipinski definition) is 1. The average molecular weight is 309 g/mol. The molecule has 0 radical (unpaired) electrons. The maximum Gasteiger partial charge on any atom is 0.252 e. The van der Waals surface area contributed by atoms with Crippen molar-refractivity contribution in [2.45, 2.75) is 45.8 Å². The Labute approximate surface area is 137 Å². The van der Waals surface area contributed by atoms with E-state index in [-0.39, 0.29) is 17.6 Å². The van der Waals surface area contributed by atoms with E-state index in [0.717, 1.165) is 34.4 Å². The Kier molecular flexibility index (Phi) is 3.88. The van der Waals surface area contributed by atoms with Gasteiger partial charge >= 0.3 is 0 Å². The van der Waals surface area contributed by atoms with Crippen molar-refractivity contribution in [2.24, 2.45) is 0 Å². The van der Waals surface area contributed by atoms with Gasteiger partial charge in [0.15, 0.2) is 0 Å². The fourth-order valence-corrected chi connectivity index (χ4v) is 3.24. The number of carbonyl (C=O) groups excluding carboxylic acids is 1. The molecule has 2 aromatic rings. The van der Waals surface area contributed by atoms with E-state index < -0.39 is 0 Å². The van der Waals surface area contributed by atoms with Gasteiger partial charge in [-0.15, -0.1) is 0 Å². The summed E-state index contributed by atoms with van der Waals surface area (Å²) in [5, 5.41) is 3.19. The molecule has 1 aliphatic heterocycles. The van der Waals surface area contributed by atoms with Gasteiger partial charge in [0.2, 0.25) is 0 Å². The maximum absolute atomic E-state index is 12.7. The molecule has 1 heterocycles. The van der Waals surface area contributed by atoms with Gasteiger partial charge in [-0.3, -0.25) is 4.79 Å². The van der Waals surface area contributed by atoms with E-state index in [1.807, 2.05) is 56.3 Å². The number of hydrogen-bond acceptors (Lipinski definition) is 2. The molecule has 1 aliphatic rings. The van der Waals surface area contributed by atoms with Crippen LogP contribution in [0.4, 0.5) is 0 Å². The molecule has 120 valence electrons. The molecule has 3 nitrogen and oxygen atoms in total. The highest BCUT2D eigenvalue weighted by atomic mass is 16.5. The Hall–Kier alpha value is -2.29. The zero-order valence-electron chi connectivity index (χ0n) is 14.1. The van der Waals surface area contributed by atoms with Crippen LogP contribution in [0.2, 0.25) is 0 Å². The van der Waals surface area contributed by atoms with Gasteiger partial charge in [0.25, 0.3) is 5.91 Å². The van der Waals surface area contributed by atoms with E-state index in [9.17, 15) is 4.79 Å². The summed E-state index contributed by atoms with van der Waals surface area (Å²) in [6.45, 7) is 8.12. The van der Waals surface area contributed by atoms with Gasteiger partial charge in [0.1, 0.15) is 11.4 Å². The molecule has 0 fully saturated rings. The standard InChI is InChI=1S/C20H23NO2/c1-13-9-10-15(14(2)11-13)19(22)21-17-12-20(3,4)23-18-8-6-5-7-16(17)18/h5-11,17H,12H2,1-4H3,(H,21,22). The molecule has 3 heteroatoms. The van der Waals surface area contributed by atoms with E-state index in [2.05, 4.69) is 19.2 Å². The summed E-state index contributed by atoms with van der Waals surface area (Å²) in [7, 11) is 0. The number of para-hydroxylation sites is 1. The highest BCUT2D eigenvalue weighted by Crippen LogP contribution is 2.39. The van der Waals surface area contributed by atoms with Gasteiger partial charge in [-0.25, -0.2) is 0 Å². The van der Waals surface area contributed by atoms with Crippen LogP contribution < -0.4 is 10.1 Å². The maximum atomic E-state index is 12.7. The molecule has 0 spiro atoms. The van der Waals surface area contributed by atoms with E-state index in [1.54, 1.807) is 0 Å². The molecule has 0 saturated carbocycles. The van der Waals surface area contributed by atoms with Crippen molar-refractivity contribution in [3.8, 4) is 5.75 Å². The third kappa shape index (κ3) is 3.24. The first kappa shape index (κ1) is 15.6. The summed E-state index contributed by atoms with van der Waals surface area (Å²) in [5.41, 5.74) is 3.65. The summed E-state index contributed by atoms with van der Waals surface area (Å²) in [6, 6.07) is 13.8. The number of fused-ring (bicyclic) bond motifs is 1. The minimum Gasteiger partial charge on any atom is -0.487 e. The van der Waals surface area contributed by atoms with Crippen LogP contribution in [0.15, 0.2) is 42.5 Å². The Morgan fingerprint density at radius 3 is 2.65 bits per heavy atom. The van der Waals surface area contributed by atoms with E-state index >= 15 is 0 Å². The normalized spacial score (nSPS) is 18.7. The smallest absolute Gasteiger partial charge is 0.252 e. The summed E-state index contributed by atoms with van der Waals surface area (Å²) < 4.78 is 6.02. The van der Waals surface area contributed by atoms with Crippen LogP contribution >= 0.6 is 0 Å². The minimum atomic E-state index is -0.297. The first-order chi connectivity index (χ1) is 10.9. The van der Waals surface area contributed by atoms with Crippen LogP contribution in [0.1, 0.15) is 53.4 Å². The summed E-state index contributed by atoms with van der Waals surface area (Å²) in [5.74, 6) is 0.828. The number of carbonyl (C=O) groups is 1. The third-order valence-electron chi connectivity index (χ3n) is 4.31. The quantitative estimate of drug-likeness (QED) is 0.896. The van der Waals surface area contributed by atoms with Crippen LogP contribution in [-0.2, 0) is 0 Å². The van der Waals surface area contributed by atoms with Crippen molar-refractivity contribution < 1.29 is 9.53 Å². The molecule has 1 atom stereocenters. The minimum absolute atomic E-state index is 0.0278. The van der Waals surface area contributed by atoms with Crippen molar-refractivity contribution in [1.82, 2.24) is 5.32 Å². The predicted molar refractivity (Wildman–Crippen MR) is 91.9 cm³/mol. The zero-order chi connectivity index (χ0) is 16.6. The number of ether oxygens (including phenoxy) is 1. The average Bonchev–Trinajstić information content (AvgIpc) is 2.45. The number of aryl methyl sites for hydroxylation is 2. The van der Waals surface area contributed by atoms with Gasteiger partial charge in [-0.05, 0) is 45.4 Å². The van der Waals surface area contributed by atoms with Gasteiger partial charge in [0.05, 0.1) is 6.04 Å². The molecular weight excluding hydrogens is 286 g/mol. The summed E-state index contributed by atoms with van der Waals surface area (Å²) in [6.07, 6.45) is 0.751. The fraction of sp³-hybridized carbons (Fsp3) is 0.350. The SMILES string of the molecule is Cc1ccc(C(=O)NC2CC(C)(C)Oc3ccccc32)c(C)c1. The molecule has 1 N–H and O–H groups in total. The molecule has 0 aromatic heterocycles. The second-order valence-corrected chi connectivity index (χ2v) is 6.95. The monoisotopic (exact) mass is 309 g/mol. The molecule has 0 aliphatic carbocycles. The van der Waals surface area contributed by atoms with E-state index in [0.29, 0.717) is 0 Å². The second-order valence-electron chi connectivity index (χ2n) is 6.95. The first-order valence-electron chi connectivity index (χ1n) is 8.02. The molecule has 3 rings (SSSR count). The lowest BCUT2D eigenvalue weighted by Gasteiger charge is -2.38. The molecule has 0 saturated heterocycles. The summed E-state index contributed by atoms with van der Waals surface area (Å²) >= 11 is 0. The van der Waals surface area contributed by atoms with Gasteiger partial charge in [-0.1, -0.05) is 35.9 Å². The van der Waals surface area contributed by atoms with Crippen LogP contribution in [0.25, 0.3) is 0 Å². The highest BCUT2D eigenvalue weighted by molar-refractivity contribution is 5.96. The lowest BCUT2D eigenvalue weighted by molar-refractivity contribution is 0.0619. The molecule has 2 aromatic carbocycles. The second kappa shape index (κ2) is 5.73. The predicted octanol–water partition coefficient (Wildman–Crippen LogP) is 4.34. The Morgan fingerprint density at radius 2 is 1.91 bits per heavy atom. The van der Waals surface area contributed by atoms with Crippen molar-refractivity contribution >= 4 is 5.91 Å². The zero-order valence-corrected chi connectivity index (χ0v) is 14.1. The highest BCUT2D eigenvalue weighted by Gasteiger charge is 2.34. The van der Waals surface area contributed by atoms with Crippen molar-refractivity contribution in [3.05, 3.63) is 64.7 Å². The van der Waals surface area contributed by atoms with E-state index in [1.165, 1.54) is 0 Å². The van der Waals surface area contributed by atoms with Crippen LogP contribution in [0.5, 0.6) is 5.75 Å². The molecular formula is C20H23NO2. The third-order valence-corrected chi connectivity index (χ3v) is 4.31. The van der Waals surface area contributed by atoms with Crippen molar-refractivity contribution in [1.29, 1.82) is 0 Å². The van der Waals surface area contributed by atoms with Crippen molar-refractivity contribution in [2.75, 3.05) is 0 Å². The Balaban J connectivity index is 1.88. The van der Waals surface area contributed by atoms with Crippen molar-refractivity contribution in [3.63, 3.8) is 0 Å². The number of benzene rings is 2. The Bertz CT molecular complexity index is 749. The van der Waals surface area contributed by atoms with Gasteiger partial charge in [-0.2, -0.15) is 0 Å². The largest absolute Gasteiger partial charge is 0.487 e. The van der Waals surface area contributed by atoms with E-state index in [4.69, 9.17) is 4.74 Å². The number of nitrogens with one attached hydrogen (secondary N) is 1. The fourth-order valence-electron chi connectivity index (χ4n) is 3.24. The Morgan fingerprint density at radius 1 is 1.17 bits per heavy atom. The molecule has 23 heavy (non-hydrogen) atoms. The molecule has 0 bridgehead atoms. The van der Waals surface area contributed by atoms with Crippen LogP contribution in [0, 0.1) is 13.8 Å². The lowest BCUT2D eigenvalue weighted by atomic mass is 9.89. The lowest BCUT2D eigenvalue weighted by Crippen LogP contribution is -2.41. The molecule has 1 unspecified atom stereocenters. The van der Waals surface area contributed by atoms with Gasteiger partial charge in [0, 0.05) is 17.5 Å². The number of amides is 1. The van der Waals surface area contributed by atoms with Crippen LogP contribution in [0.3, 0.4) is 0 Å². The number of rotatable bonds is 2.